The van der Waals surface area contributed by atoms with E-state index in [0.717, 1.165) is 12.1 Å². The lowest BCUT2D eigenvalue weighted by molar-refractivity contribution is 0.0948. The largest absolute Gasteiger partial charge is 0.507 e. The number of phenols is 1. The molecule has 1 heterocycles. The van der Waals surface area contributed by atoms with E-state index >= 15 is 0 Å². The third-order valence-electron chi connectivity index (χ3n) is 3.55. The lowest BCUT2D eigenvalue weighted by Crippen LogP contribution is -2.22. The van der Waals surface area contributed by atoms with Gasteiger partial charge < -0.3 is 15.0 Å². The number of hydrogen-bond donors (Lipinski definition) is 2. The maximum absolute atomic E-state index is 12.0. The van der Waals surface area contributed by atoms with E-state index in [1.807, 2.05) is 35.0 Å². The van der Waals surface area contributed by atoms with Crippen LogP contribution >= 0.6 is 0 Å². The molecule has 2 N–H and O–H groups in total. The highest BCUT2D eigenvalue weighted by Crippen LogP contribution is 2.15. The number of amides is 1. The molecule has 0 unspecified atom stereocenters. The standard InChI is InChI=1S/C18H17N3O2/c22-17-4-2-1-3-16(17)18(23)20-11-14-5-7-15(8-6-14)12-21-10-9-19-13-21/h1-10,13,22H,11-12H2,(H,20,23). The van der Waals surface area contributed by atoms with Gasteiger partial charge in [-0.1, -0.05) is 36.4 Å². The van der Waals surface area contributed by atoms with Crippen LogP contribution in [0, 0.1) is 0 Å². The molecule has 2 aromatic carbocycles. The minimum Gasteiger partial charge on any atom is -0.507 e. The van der Waals surface area contributed by atoms with Crippen LogP contribution in [0.25, 0.3) is 0 Å². The van der Waals surface area contributed by atoms with Crippen molar-refractivity contribution >= 4 is 5.91 Å². The number of carbonyl (C=O) groups excluding carboxylic acids is 1. The number of benzene rings is 2. The molecule has 5 heteroatoms. The first-order valence-electron chi connectivity index (χ1n) is 7.32. The molecule has 0 saturated carbocycles. The van der Waals surface area contributed by atoms with Crippen molar-refractivity contribution in [2.24, 2.45) is 0 Å². The number of hydrogen-bond acceptors (Lipinski definition) is 3. The molecule has 0 aliphatic rings. The molecule has 0 atom stereocenters. The van der Waals surface area contributed by atoms with Crippen molar-refractivity contribution in [2.45, 2.75) is 13.1 Å². The van der Waals surface area contributed by atoms with Crippen molar-refractivity contribution in [3.63, 3.8) is 0 Å². The van der Waals surface area contributed by atoms with E-state index < -0.39 is 0 Å². The lowest BCUT2D eigenvalue weighted by Gasteiger charge is -2.08. The summed E-state index contributed by atoms with van der Waals surface area (Å²) in [7, 11) is 0. The second-order valence-electron chi connectivity index (χ2n) is 5.25. The molecule has 0 saturated heterocycles. The molecular weight excluding hydrogens is 290 g/mol. The summed E-state index contributed by atoms with van der Waals surface area (Å²) in [6.07, 6.45) is 5.45. The quantitative estimate of drug-likeness (QED) is 0.761. The predicted octanol–water partition coefficient (Wildman–Crippen LogP) is 2.57. The minimum absolute atomic E-state index is 0.0133. The summed E-state index contributed by atoms with van der Waals surface area (Å²) in [5.41, 5.74) is 2.45. The maximum atomic E-state index is 12.0. The van der Waals surface area contributed by atoms with Crippen LogP contribution in [0.2, 0.25) is 0 Å². The molecule has 0 bridgehead atoms. The Morgan fingerprint density at radius 2 is 1.83 bits per heavy atom. The van der Waals surface area contributed by atoms with Crippen molar-refractivity contribution in [2.75, 3.05) is 0 Å². The Hall–Kier alpha value is -3.08. The van der Waals surface area contributed by atoms with Crippen LogP contribution in [0.5, 0.6) is 5.75 Å². The topological polar surface area (TPSA) is 67.2 Å². The Kier molecular flexibility index (Phi) is 4.38. The number of phenolic OH excluding ortho intramolecular Hbond substituents is 1. The molecule has 3 rings (SSSR count). The van der Waals surface area contributed by atoms with E-state index in [2.05, 4.69) is 10.3 Å². The molecule has 1 amide bonds. The zero-order valence-corrected chi connectivity index (χ0v) is 12.5. The first kappa shape index (κ1) is 14.8. The molecule has 3 aromatic rings. The highest BCUT2D eigenvalue weighted by atomic mass is 16.3. The summed E-state index contributed by atoms with van der Waals surface area (Å²) in [6, 6.07) is 14.5. The number of para-hydroxylation sites is 1. The Balaban J connectivity index is 1.58. The first-order valence-corrected chi connectivity index (χ1v) is 7.32. The SMILES string of the molecule is O=C(NCc1ccc(Cn2ccnc2)cc1)c1ccccc1O. The van der Waals surface area contributed by atoms with Crippen LogP contribution in [0.15, 0.2) is 67.3 Å². The average molecular weight is 307 g/mol. The summed E-state index contributed by atoms with van der Waals surface area (Å²) >= 11 is 0. The second kappa shape index (κ2) is 6.79. The molecule has 1 aromatic heterocycles. The molecule has 0 spiro atoms. The van der Waals surface area contributed by atoms with Gasteiger partial charge in [-0.25, -0.2) is 4.98 Å². The summed E-state index contributed by atoms with van der Waals surface area (Å²) in [5, 5.41) is 12.5. The van der Waals surface area contributed by atoms with Gasteiger partial charge in [-0.05, 0) is 23.3 Å². The predicted molar refractivity (Wildman–Crippen MR) is 87.0 cm³/mol. The Morgan fingerprint density at radius 3 is 2.52 bits per heavy atom. The van der Waals surface area contributed by atoms with Gasteiger partial charge in [-0.3, -0.25) is 4.79 Å². The highest BCUT2D eigenvalue weighted by Gasteiger charge is 2.09. The highest BCUT2D eigenvalue weighted by molar-refractivity contribution is 5.96. The second-order valence-corrected chi connectivity index (χ2v) is 5.25. The maximum Gasteiger partial charge on any atom is 0.255 e. The number of nitrogens with one attached hydrogen (secondary N) is 1. The summed E-state index contributed by atoms with van der Waals surface area (Å²) in [4.78, 5) is 16.1. The Bertz CT molecular complexity index is 780. The minimum atomic E-state index is -0.286. The fourth-order valence-corrected chi connectivity index (χ4v) is 2.30. The fourth-order valence-electron chi connectivity index (χ4n) is 2.30. The van der Waals surface area contributed by atoms with Gasteiger partial charge in [0.25, 0.3) is 5.91 Å². The fraction of sp³-hybridized carbons (Fsp3) is 0.111. The third-order valence-corrected chi connectivity index (χ3v) is 3.55. The lowest BCUT2D eigenvalue weighted by atomic mass is 10.1. The van der Waals surface area contributed by atoms with Gasteiger partial charge in [0.15, 0.2) is 0 Å². The molecule has 5 nitrogen and oxygen atoms in total. The number of nitrogens with zero attached hydrogens (tertiary/aromatic N) is 2. The van der Waals surface area contributed by atoms with E-state index in [9.17, 15) is 9.90 Å². The van der Waals surface area contributed by atoms with Gasteiger partial charge >= 0.3 is 0 Å². The van der Waals surface area contributed by atoms with Crippen LogP contribution in [0.1, 0.15) is 21.5 Å². The van der Waals surface area contributed by atoms with Crippen LogP contribution < -0.4 is 5.32 Å². The van der Waals surface area contributed by atoms with Gasteiger partial charge in [0.05, 0.1) is 11.9 Å². The van der Waals surface area contributed by atoms with E-state index in [1.165, 1.54) is 11.6 Å². The van der Waals surface area contributed by atoms with Gasteiger partial charge in [-0.15, -0.1) is 0 Å². The molecule has 0 aliphatic heterocycles. The number of rotatable bonds is 5. The zero-order valence-electron chi connectivity index (χ0n) is 12.5. The Morgan fingerprint density at radius 1 is 1.09 bits per heavy atom. The van der Waals surface area contributed by atoms with Gasteiger partial charge in [0.2, 0.25) is 0 Å². The monoisotopic (exact) mass is 307 g/mol. The van der Waals surface area contributed by atoms with Crippen molar-refractivity contribution in [3.05, 3.63) is 83.9 Å². The van der Waals surface area contributed by atoms with E-state index in [1.54, 1.807) is 30.7 Å². The van der Waals surface area contributed by atoms with E-state index in [-0.39, 0.29) is 17.2 Å². The number of aromatic nitrogens is 2. The normalized spacial score (nSPS) is 10.4. The van der Waals surface area contributed by atoms with Crippen molar-refractivity contribution < 1.29 is 9.90 Å². The first-order chi connectivity index (χ1) is 11.2. The Labute approximate surface area is 134 Å². The van der Waals surface area contributed by atoms with Crippen LogP contribution in [0.3, 0.4) is 0 Å². The van der Waals surface area contributed by atoms with Crippen LogP contribution in [-0.2, 0) is 13.1 Å². The van der Waals surface area contributed by atoms with Gasteiger partial charge in [0.1, 0.15) is 5.75 Å². The van der Waals surface area contributed by atoms with Crippen molar-refractivity contribution in [3.8, 4) is 5.75 Å². The van der Waals surface area contributed by atoms with Crippen LogP contribution in [0.4, 0.5) is 0 Å². The molecule has 116 valence electrons. The average Bonchev–Trinajstić information content (AvgIpc) is 3.07. The third kappa shape index (κ3) is 3.77. The van der Waals surface area contributed by atoms with Crippen LogP contribution in [-0.4, -0.2) is 20.6 Å². The summed E-state index contributed by atoms with van der Waals surface area (Å²) in [5.74, 6) is -0.300. The smallest absolute Gasteiger partial charge is 0.255 e. The van der Waals surface area contributed by atoms with Crippen molar-refractivity contribution in [1.29, 1.82) is 0 Å². The molecule has 0 radical (unpaired) electrons. The van der Waals surface area contributed by atoms with E-state index in [4.69, 9.17) is 0 Å². The number of imidazole rings is 1. The van der Waals surface area contributed by atoms with Gasteiger partial charge in [-0.2, -0.15) is 0 Å². The molecule has 23 heavy (non-hydrogen) atoms. The zero-order chi connectivity index (χ0) is 16.1. The van der Waals surface area contributed by atoms with Crippen molar-refractivity contribution in [1.82, 2.24) is 14.9 Å². The van der Waals surface area contributed by atoms with E-state index in [0.29, 0.717) is 6.54 Å². The molecular formula is C18H17N3O2. The molecule has 0 fully saturated rings. The summed E-state index contributed by atoms with van der Waals surface area (Å²) < 4.78 is 2.00. The van der Waals surface area contributed by atoms with Gasteiger partial charge in [0, 0.05) is 25.5 Å². The summed E-state index contributed by atoms with van der Waals surface area (Å²) in [6.45, 7) is 1.18. The number of carbonyl (C=O) groups is 1. The molecule has 0 aliphatic carbocycles. The number of aromatic hydroxyl groups is 1.